The van der Waals surface area contributed by atoms with E-state index in [0.717, 1.165) is 35.0 Å². The van der Waals surface area contributed by atoms with E-state index in [1.807, 2.05) is 98.1 Å². The van der Waals surface area contributed by atoms with Gasteiger partial charge in [-0.05, 0) is 67.3 Å². The summed E-state index contributed by atoms with van der Waals surface area (Å²) < 4.78 is 2.51. The smallest absolute Gasteiger partial charge is 0.264 e. The molecule has 2 unspecified atom stereocenters. The predicted molar refractivity (Wildman–Crippen MR) is 188 cm³/mol. The van der Waals surface area contributed by atoms with Crippen LogP contribution in [0.25, 0.3) is 0 Å². The Balaban J connectivity index is 1.11. The zero-order valence-electron chi connectivity index (χ0n) is 26.9. The molecule has 0 saturated carbocycles. The molecular formula is C37H41BrN6O4. The number of aliphatic hydroxyl groups excluding tert-OH is 1. The molecule has 2 amide bonds. The van der Waals surface area contributed by atoms with E-state index in [4.69, 9.17) is 0 Å². The van der Waals surface area contributed by atoms with E-state index in [0.29, 0.717) is 42.1 Å². The molecule has 4 N–H and O–H groups in total. The topological polar surface area (TPSA) is 133 Å². The van der Waals surface area contributed by atoms with Crippen LogP contribution in [0.15, 0.2) is 95.6 Å². The van der Waals surface area contributed by atoms with Gasteiger partial charge in [-0.15, -0.1) is 5.10 Å². The maximum Gasteiger partial charge on any atom is 0.264 e. The number of carbonyl (C=O) groups is 2. The molecule has 2 aliphatic rings. The Bertz CT molecular complexity index is 1760. The van der Waals surface area contributed by atoms with Crippen molar-refractivity contribution in [1.82, 2.24) is 20.3 Å². The van der Waals surface area contributed by atoms with Crippen LogP contribution in [0.4, 0.5) is 11.4 Å². The molecule has 1 saturated heterocycles. The Hall–Kier alpha value is -4.16. The molecule has 11 heteroatoms. The standard InChI is InChI=1S/C37H41BrN6O4/c1-25(8-5-6-19-43-23-33(41-42-43)31(24-45)27-9-3-2-4-10-27)37(48)32-20-29(38)14-17-34(32)44(36(37)47)22-26-12-15-30(16-13-26)40-35(46)28-11-7-18-39-21-28/h2-5,8-10,12-17,20,23,25,28,31,39,45,48H,6-7,11,18-19,21-22,24H2,1H3,(H,40,46)/b8-5+/t25-,28?,31?,37+/m1/s1. The molecule has 0 aliphatic carbocycles. The summed E-state index contributed by atoms with van der Waals surface area (Å²) in [5.74, 6) is -1.17. The van der Waals surface area contributed by atoms with Crippen LogP contribution in [0.5, 0.6) is 0 Å². The zero-order valence-corrected chi connectivity index (χ0v) is 28.5. The van der Waals surface area contributed by atoms with Gasteiger partial charge in [0.2, 0.25) is 5.91 Å². The number of nitrogens with one attached hydrogen (secondary N) is 2. The number of aromatic nitrogens is 3. The van der Waals surface area contributed by atoms with Crippen LogP contribution in [0.3, 0.4) is 0 Å². The van der Waals surface area contributed by atoms with Gasteiger partial charge in [0, 0.05) is 40.9 Å². The number of nitrogens with zero attached hydrogens (tertiary/aromatic N) is 4. The number of rotatable bonds is 12. The van der Waals surface area contributed by atoms with Crippen LogP contribution >= 0.6 is 15.9 Å². The molecule has 0 radical (unpaired) electrons. The normalized spacial score (nSPS) is 20.5. The highest BCUT2D eigenvalue weighted by Gasteiger charge is 2.52. The summed E-state index contributed by atoms with van der Waals surface area (Å²) in [5, 5.41) is 36.9. The van der Waals surface area contributed by atoms with Crippen molar-refractivity contribution < 1.29 is 19.8 Å². The van der Waals surface area contributed by atoms with Crippen molar-refractivity contribution in [2.75, 3.05) is 29.9 Å². The lowest BCUT2D eigenvalue weighted by atomic mass is 9.83. The van der Waals surface area contributed by atoms with Crippen LogP contribution < -0.4 is 15.5 Å². The Labute approximate surface area is 289 Å². The summed E-state index contributed by atoms with van der Waals surface area (Å²) in [5.41, 5.74) is 2.75. The number of hydrogen-bond acceptors (Lipinski definition) is 7. The molecular weight excluding hydrogens is 672 g/mol. The van der Waals surface area contributed by atoms with E-state index in [-0.39, 0.29) is 36.8 Å². The molecule has 10 nitrogen and oxygen atoms in total. The Morgan fingerprint density at radius 1 is 1.17 bits per heavy atom. The Morgan fingerprint density at radius 2 is 1.96 bits per heavy atom. The Morgan fingerprint density at radius 3 is 2.69 bits per heavy atom. The average molecular weight is 714 g/mol. The van der Waals surface area contributed by atoms with Gasteiger partial charge in [0.15, 0.2) is 5.60 Å². The van der Waals surface area contributed by atoms with Crippen molar-refractivity contribution in [3.63, 3.8) is 0 Å². The summed E-state index contributed by atoms with van der Waals surface area (Å²) in [6.45, 7) is 4.25. The third-order valence-corrected chi connectivity index (χ3v) is 9.86. The number of hydrogen-bond donors (Lipinski definition) is 4. The van der Waals surface area contributed by atoms with Crippen LogP contribution in [-0.4, -0.2) is 56.7 Å². The third-order valence-electron chi connectivity index (χ3n) is 9.37. The van der Waals surface area contributed by atoms with E-state index in [1.54, 1.807) is 9.58 Å². The molecule has 6 rings (SSSR count). The van der Waals surface area contributed by atoms with E-state index in [2.05, 4.69) is 36.9 Å². The number of benzene rings is 3. The van der Waals surface area contributed by atoms with Gasteiger partial charge in [-0.25, -0.2) is 0 Å². The van der Waals surface area contributed by atoms with Gasteiger partial charge in [-0.3, -0.25) is 14.3 Å². The fourth-order valence-electron chi connectivity index (χ4n) is 6.56. The number of fused-ring (bicyclic) bond motifs is 1. The highest BCUT2D eigenvalue weighted by molar-refractivity contribution is 9.10. The van der Waals surface area contributed by atoms with Gasteiger partial charge >= 0.3 is 0 Å². The van der Waals surface area contributed by atoms with E-state index in [1.165, 1.54) is 0 Å². The van der Waals surface area contributed by atoms with Crippen LogP contribution in [0.2, 0.25) is 0 Å². The maximum atomic E-state index is 14.0. The minimum absolute atomic E-state index is 0.0146. The van der Waals surface area contributed by atoms with Crippen molar-refractivity contribution >= 4 is 39.1 Å². The highest BCUT2D eigenvalue weighted by Crippen LogP contribution is 2.46. The molecule has 250 valence electrons. The minimum atomic E-state index is -1.75. The number of halogens is 1. The lowest BCUT2D eigenvalue weighted by Gasteiger charge is -2.28. The Kier molecular flexibility index (Phi) is 10.5. The maximum absolute atomic E-state index is 14.0. The first-order chi connectivity index (χ1) is 23.3. The number of piperidine rings is 1. The predicted octanol–water partition coefficient (Wildman–Crippen LogP) is 5.12. The van der Waals surface area contributed by atoms with Gasteiger partial charge in [0.1, 0.15) is 0 Å². The first-order valence-corrected chi connectivity index (χ1v) is 17.2. The van der Waals surface area contributed by atoms with Crippen molar-refractivity contribution in [2.24, 2.45) is 11.8 Å². The number of allylic oxidation sites excluding steroid dienone is 1. The quantitative estimate of drug-likeness (QED) is 0.150. The molecule has 3 aromatic carbocycles. The highest BCUT2D eigenvalue weighted by atomic mass is 79.9. The molecule has 48 heavy (non-hydrogen) atoms. The molecule has 4 aromatic rings. The molecule has 0 spiro atoms. The third kappa shape index (κ3) is 7.14. The van der Waals surface area contributed by atoms with Crippen molar-refractivity contribution in [1.29, 1.82) is 0 Å². The number of amides is 2. The van der Waals surface area contributed by atoms with Gasteiger partial charge < -0.3 is 25.7 Å². The van der Waals surface area contributed by atoms with E-state index >= 15 is 0 Å². The number of anilines is 2. The summed E-state index contributed by atoms with van der Waals surface area (Å²) in [6, 6.07) is 22.8. The van der Waals surface area contributed by atoms with Crippen LogP contribution in [0, 0.1) is 11.8 Å². The fraction of sp³-hybridized carbons (Fsp3) is 0.351. The van der Waals surface area contributed by atoms with Crippen LogP contribution in [0.1, 0.15) is 54.5 Å². The first-order valence-electron chi connectivity index (χ1n) is 16.4. The second kappa shape index (κ2) is 14.9. The largest absolute Gasteiger partial charge is 0.395 e. The summed E-state index contributed by atoms with van der Waals surface area (Å²) in [4.78, 5) is 28.3. The van der Waals surface area contributed by atoms with Crippen molar-refractivity contribution in [2.45, 2.75) is 50.8 Å². The molecule has 4 atom stereocenters. The van der Waals surface area contributed by atoms with Gasteiger partial charge in [0.25, 0.3) is 5.91 Å². The summed E-state index contributed by atoms with van der Waals surface area (Å²) in [7, 11) is 0. The second-order valence-electron chi connectivity index (χ2n) is 12.6. The summed E-state index contributed by atoms with van der Waals surface area (Å²) >= 11 is 3.52. The van der Waals surface area contributed by atoms with Gasteiger partial charge in [-0.1, -0.05) is 82.7 Å². The lowest BCUT2D eigenvalue weighted by molar-refractivity contribution is -0.139. The van der Waals surface area contributed by atoms with E-state index in [9.17, 15) is 19.8 Å². The fourth-order valence-corrected chi connectivity index (χ4v) is 6.92. The first kappa shape index (κ1) is 33.7. The zero-order chi connectivity index (χ0) is 33.7. The molecule has 2 aliphatic heterocycles. The minimum Gasteiger partial charge on any atom is -0.395 e. The molecule has 0 bridgehead atoms. The number of aryl methyl sites for hydroxylation is 1. The monoisotopic (exact) mass is 712 g/mol. The van der Waals surface area contributed by atoms with Gasteiger partial charge in [-0.2, -0.15) is 0 Å². The van der Waals surface area contributed by atoms with Crippen molar-refractivity contribution in [3.05, 3.63) is 118 Å². The summed E-state index contributed by atoms with van der Waals surface area (Å²) in [6.07, 6.45) is 8.16. The lowest BCUT2D eigenvalue weighted by Crippen LogP contribution is -2.44. The van der Waals surface area contributed by atoms with Crippen molar-refractivity contribution in [3.8, 4) is 0 Å². The molecule has 3 heterocycles. The average Bonchev–Trinajstić information content (AvgIpc) is 3.66. The van der Waals surface area contributed by atoms with E-state index < -0.39 is 11.5 Å². The second-order valence-corrected chi connectivity index (χ2v) is 13.5. The molecule has 1 aromatic heterocycles. The van der Waals surface area contributed by atoms with Crippen LogP contribution in [-0.2, 0) is 28.3 Å². The number of aliphatic hydroxyl groups is 2. The number of carbonyl (C=O) groups excluding carboxylic acids is 2. The SMILES string of the molecule is C[C@H](/C=C/CCn1cc(C(CO)c2ccccc2)nn1)[C@@]1(O)C(=O)N(Cc2ccc(NC(=O)C3CCCNC3)cc2)c2ccc(Br)cc21. The molecule has 1 fully saturated rings. The van der Waals surface area contributed by atoms with Gasteiger partial charge in [0.05, 0.1) is 36.4 Å².